The van der Waals surface area contributed by atoms with Crippen LogP contribution < -0.4 is 0 Å². The van der Waals surface area contributed by atoms with Crippen molar-refractivity contribution in [1.82, 2.24) is 9.80 Å². The van der Waals surface area contributed by atoms with Crippen LogP contribution in [0.15, 0.2) is 0 Å². The Bertz CT molecular complexity index is 205. The van der Waals surface area contributed by atoms with Gasteiger partial charge in [0.05, 0.1) is 6.10 Å². The zero-order valence-electron chi connectivity index (χ0n) is 9.47. The van der Waals surface area contributed by atoms with Crippen LogP contribution in [-0.4, -0.2) is 65.1 Å². The minimum absolute atomic E-state index is 0.158. The van der Waals surface area contributed by atoms with E-state index in [9.17, 15) is 10.2 Å². The van der Waals surface area contributed by atoms with Crippen LogP contribution in [0, 0.1) is 0 Å². The molecule has 0 radical (unpaired) electrons. The van der Waals surface area contributed by atoms with Gasteiger partial charge in [0.25, 0.3) is 0 Å². The van der Waals surface area contributed by atoms with Crippen LogP contribution in [0.5, 0.6) is 0 Å². The zero-order valence-corrected chi connectivity index (χ0v) is 9.47. The van der Waals surface area contributed by atoms with Crippen LogP contribution in [0.25, 0.3) is 0 Å². The Balaban J connectivity index is 1.87. The molecule has 0 saturated carbocycles. The molecule has 4 nitrogen and oxygen atoms in total. The van der Waals surface area contributed by atoms with E-state index < -0.39 is 0 Å². The van der Waals surface area contributed by atoms with E-state index in [2.05, 4.69) is 16.8 Å². The van der Waals surface area contributed by atoms with Gasteiger partial charge in [0, 0.05) is 19.1 Å². The van der Waals surface area contributed by atoms with Crippen LogP contribution in [-0.2, 0) is 0 Å². The summed E-state index contributed by atoms with van der Waals surface area (Å²) in [5, 5.41) is 19.6. The standard InChI is InChI=1S/C11H22N2O2/c1-12-6-2-3-10(12)11(15)13-7-4-9(14)5-8-13/h9-11,14-15H,2-8H2,1H3. The second-order valence-corrected chi connectivity index (χ2v) is 4.87. The van der Waals surface area contributed by atoms with Crippen LogP contribution in [0.1, 0.15) is 25.7 Å². The van der Waals surface area contributed by atoms with Crippen LogP contribution >= 0.6 is 0 Å². The first-order chi connectivity index (χ1) is 7.18. The Morgan fingerprint density at radius 3 is 2.33 bits per heavy atom. The first-order valence-corrected chi connectivity index (χ1v) is 5.99. The molecule has 0 aromatic carbocycles. The number of aliphatic hydroxyl groups excluding tert-OH is 2. The fourth-order valence-electron chi connectivity index (χ4n) is 2.71. The number of piperidine rings is 1. The molecule has 4 heteroatoms. The Morgan fingerprint density at radius 2 is 1.80 bits per heavy atom. The molecule has 2 saturated heterocycles. The molecular formula is C11H22N2O2. The SMILES string of the molecule is CN1CCCC1C(O)N1CCC(O)CC1. The summed E-state index contributed by atoms with van der Waals surface area (Å²) in [6.45, 7) is 2.75. The van der Waals surface area contributed by atoms with Gasteiger partial charge in [0.15, 0.2) is 0 Å². The molecular weight excluding hydrogens is 192 g/mol. The third-order valence-electron chi connectivity index (χ3n) is 3.79. The quantitative estimate of drug-likeness (QED) is 0.671. The van der Waals surface area contributed by atoms with E-state index in [0.717, 1.165) is 38.9 Å². The Morgan fingerprint density at radius 1 is 1.13 bits per heavy atom. The maximum atomic E-state index is 10.2. The monoisotopic (exact) mass is 214 g/mol. The first-order valence-electron chi connectivity index (χ1n) is 5.99. The summed E-state index contributed by atoms with van der Waals surface area (Å²) in [6.07, 6.45) is 3.38. The molecule has 2 heterocycles. The summed E-state index contributed by atoms with van der Waals surface area (Å²) < 4.78 is 0. The second kappa shape index (κ2) is 4.78. The average molecular weight is 214 g/mol. The van der Waals surface area contributed by atoms with E-state index in [-0.39, 0.29) is 12.3 Å². The van der Waals surface area contributed by atoms with Gasteiger partial charge in [-0.15, -0.1) is 0 Å². The molecule has 2 unspecified atom stereocenters. The van der Waals surface area contributed by atoms with Gasteiger partial charge in [-0.1, -0.05) is 0 Å². The predicted molar refractivity (Wildman–Crippen MR) is 58.5 cm³/mol. The van der Waals surface area contributed by atoms with Crippen molar-refractivity contribution < 1.29 is 10.2 Å². The minimum Gasteiger partial charge on any atom is -0.393 e. The fourth-order valence-corrected chi connectivity index (χ4v) is 2.71. The molecule has 0 aromatic rings. The molecule has 88 valence electrons. The molecule has 0 aliphatic carbocycles. The van der Waals surface area contributed by atoms with Crippen LogP contribution in [0.3, 0.4) is 0 Å². The lowest BCUT2D eigenvalue weighted by Crippen LogP contribution is -2.51. The number of rotatable bonds is 2. The van der Waals surface area contributed by atoms with Crippen molar-refractivity contribution in [3.05, 3.63) is 0 Å². The van der Waals surface area contributed by atoms with E-state index in [1.807, 2.05) is 0 Å². The summed E-state index contributed by atoms with van der Waals surface area (Å²) in [6, 6.07) is 0.292. The maximum Gasteiger partial charge on any atom is 0.123 e. The first kappa shape index (κ1) is 11.3. The average Bonchev–Trinajstić information content (AvgIpc) is 2.65. The number of aliphatic hydroxyl groups is 2. The number of hydrogen-bond donors (Lipinski definition) is 2. The molecule has 2 fully saturated rings. The molecule has 2 atom stereocenters. The van der Waals surface area contributed by atoms with Crippen molar-refractivity contribution in [2.75, 3.05) is 26.7 Å². The van der Waals surface area contributed by atoms with Crippen molar-refractivity contribution in [2.24, 2.45) is 0 Å². The molecule has 15 heavy (non-hydrogen) atoms. The van der Waals surface area contributed by atoms with Crippen molar-refractivity contribution in [3.8, 4) is 0 Å². The second-order valence-electron chi connectivity index (χ2n) is 4.87. The summed E-state index contributed by atoms with van der Waals surface area (Å²) in [5.74, 6) is 0. The van der Waals surface area contributed by atoms with Gasteiger partial charge in [-0.2, -0.15) is 0 Å². The lowest BCUT2D eigenvalue weighted by molar-refractivity contribution is -0.0684. The minimum atomic E-state index is -0.343. The highest BCUT2D eigenvalue weighted by molar-refractivity contribution is 4.85. The summed E-state index contributed by atoms with van der Waals surface area (Å²) >= 11 is 0. The number of likely N-dealkylation sites (tertiary alicyclic amines) is 2. The number of hydrogen-bond acceptors (Lipinski definition) is 4. The van der Waals surface area contributed by atoms with E-state index in [1.165, 1.54) is 6.42 Å². The highest BCUT2D eigenvalue weighted by atomic mass is 16.3. The van der Waals surface area contributed by atoms with E-state index in [1.54, 1.807) is 0 Å². The molecule has 2 N–H and O–H groups in total. The smallest absolute Gasteiger partial charge is 0.123 e. The van der Waals surface area contributed by atoms with Crippen LogP contribution in [0.2, 0.25) is 0 Å². The zero-order chi connectivity index (χ0) is 10.8. The summed E-state index contributed by atoms with van der Waals surface area (Å²) in [5.41, 5.74) is 0. The third kappa shape index (κ3) is 2.50. The topological polar surface area (TPSA) is 46.9 Å². The van der Waals surface area contributed by atoms with E-state index in [0.29, 0.717) is 6.04 Å². The molecule has 0 aromatic heterocycles. The van der Waals surface area contributed by atoms with Gasteiger partial charge in [0.2, 0.25) is 0 Å². The molecule has 2 aliphatic heterocycles. The summed E-state index contributed by atoms with van der Waals surface area (Å²) in [7, 11) is 2.08. The van der Waals surface area contributed by atoms with E-state index >= 15 is 0 Å². The highest BCUT2D eigenvalue weighted by Crippen LogP contribution is 2.22. The Hall–Kier alpha value is -0.160. The normalized spacial score (nSPS) is 33.4. The summed E-state index contributed by atoms with van der Waals surface area (Å²) in [4.78, 5) is 4.36. The Labute approximate surface area is 91.5 Å². The number of nitrogens with zero attached hydrogens (tertiary/aromatic N) is 2. The highest BCUT2D eigenvalue weighted by Gasteiger charge is 2.33. The fraction of sp³-hybridized carbons (Fsp3) is 1.00. The van der Waals surface area contributed by atoms with Gasteiger partial charge < -0.3 is 10.2 Å². The number of likely N-dealkylation sites (N-methyl/N-ethyl adjacent to an activating group) is 1. The van der Waals surface area contributed by atoms with Gasteiger partial charge >= 0.3 is 0 Å². The Kier molecular flexibility index (Phi) is 3.61. The van der Waals surface area contributed by atoms with Gasteiger partial charge in [0.1, 0.15) is 6.23 Å². The molecule has 2 rings (SSSR count). The van der Waals surface area contributed by atoms with Gasteiger partial charge in [-0.3, -0.25) is 9.80 Å². The molecule has 2 aliphatic rings. The van der Waals surface area contributed by atoms with Gasteiger partial charge in [-0.25, -0.2) is 0 Å². The van der Waals surface area contributed by atoms with Gasteiger partial charge in [-0.05, 0) is 39.3 Å². The predicted octanol–water partition coefficient (Wildman–Crippen LogP) is -0.144. The largest absolute Gasteiger partial charge is 0.393 e. The van der Waals surface area contributed by atoms with Crippen molar-refractivity contribution >= 4 is 0 Å². The molecule has 0 amide bonds. The molecule has 0 bridgehead atoms. The lowest BCUT2D eigenvalue weighted by atomic mass is 10.1. The van der Waals surface area contributed by atoms with Crippen molar-refractivity contribution in [1.29, 1.82) is 0 Å². The maximum absolute atomic E-state index is 10.2. The lowest BCUT2D eigenvalue weighted by Gasteiger charge is -2.37. The van der Waals surface area contributed by atoms with E-state index in [4.69, 9.17) is 0 Å². The molecule has 0 spiro atoms. The third-order valence-corrected chi connectivity index (χ3v) is 3.79. The van der Waals surface area contributed by atoms with Crippen molar-refractivity contribution in [2.45, 2.75) is 44.1 Å². The van der Waals surface area contributed by atoms with Crippen LogP contribution in [0.4, 0.5) is 0 Å². The van der Waals surface area contributed by atoms with Crippen molar-refractivity contribution in [3.63, 3.8) is 0 Å².